The number of carbonyl (C=O) groups excluding carboxylic acids is 2. The Morgan fingerprint density at radius 1 is 1.03 bits per heavy atom. The first-order chi connectivity index (χ1) is 16.0. The molecule has 4 rings (SSSR count). The molecule has 1 aromatic heterocycles. The van der Waals surface area contributed by atoms with E-state index in [4.69, 9.17) is 4.74 Å². The first-order valence-corrected chi connectivity index (χ1v) is 11.2. The predicted molar refractivity (Wildman–Crippen MR) is 130 cm³/mol. The Kier molecular flexibility index (Phi) is 6.55. The molecule has 0 unspecified atom stereocenters. The Morgan fingerprint density at radius 2 is 1.79 bits per heavy atom. The van der Waals surface area contributed by atoms with E-state index in [9.17, 15) is 14.4 Å². The molecule has 166 valence electrons. The lowest BCUT2D eigenvalue weighted by molar-refractivity contribution is -0.113. The second-order valence-corrected chi connectivity index (χ2v) is 8.14. The molecule has 0 saturated heterocycles. The average molecular weight is 460 g/mol. The zero-order valence-electron chi connectivity index (χ0n) is 18.1. The number of Topliss-reactive ketones (excluding diaryl/α,β-unsaturated/α-hetero) is 1. The van der Waals surface area contributed by atoms with Gasteiger partial charge in [-0.2, -0.15) is 0 Å². The third-order valence-electron chi connectivity index (χ3n) is 4.96. The smallest absolute Gasteiger partial charge is 0.266 e. The number of ether oxygens (including phenoxy) is 1. The van der Waals surface area contributed by atoms with Crippen molar-refractivity contribution < 1.29 is 14.3 Å². The maximum atomic E-state index is 13.4. The number of thioether (sulfide) groups is 1. The monoisotopic (exact) mass is 459 g/mol. The standard InChI is InChI=1S/C25H21N3O4S/c1-16(29)17-8-7-9-18(14-17)26-23(30)15-33-25-27-20-11-4-3-10-19(20)24(31)28(25)21-12-5-6-13-22(21)32-2/h3-14H,15H2,1-2H3,(H,26,30). The summed E-state index contributed by atoms with van der Waals surface area (Å²) in [6.07, 6.45) is 0. The average Bonchev–Trinajstić information content (AvgIpc) is 2.83. The highest BCUT2D eigenvalue weighted by molar-refractivity contribution is 7.99. The molecule has 0 radical (unpaired) electrons. The molecule has 0 fully saturated rings. The minimum absolute atomic E-state index is 0.0181. The molecule has 1 heterocycles. The molecule has 0 atom stereocenters. The zero-order chi connectivity index (χ0) is 23.4. The van der Waals surface area contributed by atoms with Crippen molar-refractivity contribution >= 4 is 40.0 Å². The number of carbonyl (C=O) groups is 2. The zero-order valence-corrected chi connectivity index (χ0v) is 18.9. The van der Waals surface area contributed by atoms with Crippen molar-refractivity contribution in [2.45, 2.75) is 12.1 Å². The van der Waals surface area contributed by atoms with Crippen LogP contribution in [0.5, 0.6) is 5.75 Å². The number of nitrogens with zero attached hydrogens (tertiary/aromatic N) is 2. The van der Waals surface area contributed by atoms with Gasteiger partial charge in [0.05, 0.1) is 29.5 Å². The quantitative estimate of drug-likeness (QED) is 0.251. The molecule has 0 spiro atoms. The van der Waals surface area contributed by atoms with Crippen molar-refractivity contribution in [2.75, 3.05) is 18.2 Å². The molecule has 3 aromatic carbocycles. The highest BCUT2D eigenvalue weighted by Gasteiger charge is 2.17. The van der Waals surface area contributed by atoms with Gasteiger partial charge < -0.3 is 10.1 Å². The van der Waals surface area contributed by atoms with Crippen molar-refractivity contribution in [1.82, 2.24) is 9.55 Å². The van der Waals surface area contributed by atoms with Gasteiger partial charge in [0.25, 0.3) is 5.56 Å². The van der Waals surface area contributed by atoms with E-state index in [1.54, 1.807) is 54.6 Å². The first-order valence-electron chi connectivity index (χ1n) is 10.2. The van der Waals surface area contributed by atoms with Crippen LogP contribution >= 0.6 is 11.8 Å². The summed E-state index contributed by atoms with van der Waals surface area (Å²) in [6.45, 7) is 1.47. The van der Waals surface area contributed by atoms with Crippen LogP contribution in [0.25, 0.3) is 16.6 Å². The number of methoxy groups -OCH3 is 1. The van der Waals surface area contributed by atoms with Crippen LogP contribution in [-0.2, 0) is 4.79 Å². The Balaban J connectivity index is 1.67. The topological polar surface area (TPSA) is 90.3 Å². The van der Waals surface area contributed by atoms with E-state index in [1.165, 1.54) is 18.6 Å². The molecule has 0 aliphatic rings. The minimum Gasteiger partial charge on any atom is -0.495 e. The van der Waals surface area contributed by atoms with Crippen LogP contribution in [0.2, 0.25) is 0 Å². The van der Waals surface area contributed by atoms with Crippen LogP contribution in [-0.4, -0.2) is 34.1 Å². The number of ketones is 1. The molecule has 1 N–H and O–H groups in total. The van der Waals surface area contributed by atoms with E-state index in [0.717, 1.165) is 11.8 Å². The van der Waals surface area contributed by atoms with Crippen molar-refractivity contribution in [3.63, 3.8) is 0 Å². The van der Waals surface area contributed by atoms with Gasteiger partial charge in [0.2, 0.25) is 5.91 Å². The summed E-state index contributed by atoms with van der Waals surface area (Å²) in [5, 5.41) is 3.63. The molecule has 7 nitrogen and oxygen atoms in total. The number of hydrogen-bond donors (Lipinski definition) is 1. The summed E-state index contributed by atoms with van der Waals surface area (Å²) in [4.78, 5) is 42.2. The number of amides is 1. The maximum absolute atomic E-state index is 13.4. The molecule has 33 heavy (non-hydrogen) atoms. The molecular formula is C25H21N3O4S. The summed E-state index contributed by atoms with van der Waals surface area (Å²) in [6, 6.07) is 21.0. The van der Waals surface area contributed by atoms with Crippen molar-refractivity contribution in [1.29, 1.82) is 0 Å². The number of anilines is 1. The summed E-state index contributed by atoms with van der Waals surface area (Å²) >= 11 is 1.15. The van der Waals surface area contributed by atoms with Gasteiger partial charge >= 0.3 is 0 Å². The molecule has 0 aliphatic heterocycles. The predicted octanol–water partition coefficient (Wildman–Crippen LogP) is 4.33. The van der Waals surface area contributed by atoms with Crippen molar-refractivity contribution in [3.8, 4) is 11.4 Å². The fourth-order valence-corrected chi connectivity index (χ4v) is 4.18. The lowest BCUT2D eigenvalue weighted by atomic mass is 10.1. The number of hydrogen-bond acceptors (Lipinski definition) is 6. The van der Waals surface area contributed by atoms with Crippen LogP contribution in [0.3, 0.4) is 0 Å². The normalized spacial score (nSPS) is 10.7. The maximum Gasteiger partial charge on any atom is 0.266 e. The third-order valence-corrected chi connectivity index (χ3v) is 5.89. The van der Waals surface area contributed by atoms with Gasteiger partial charge in [-0.25, -0.2) is 4.98 Å². The second kappa shape index (κ2) is 9.70. The van der Waals surface area contributed by atoms with Gasteiger partial charge in [0.15, 0.2) is 10.9 Å². The first kappa shape index (κ1) is 22.3. The van der Waals surface area contributed by atoms with Gasteiger partial charge in [-0.15, -0.1) is 0 Å². The number of nitrogens with one attached hydrogen (secondary N) is 1. The number of fused-ring (bicyclic) bond motifs is 1. The van der Waals surface area contributed by atoms with Crippen molar-refractivity contribution in [3.05, 3.63) is 88.7 Å². The Hall–Kier alpha value is -3.91. The Bertz CT molecular complexity index is 1410. The van der Waals surface area contributed by atoms with Gasteiger partial charge in [-0.1, -0.05) is 48.2 Å². The Labute approximate surface area is 194 Å². The van der Waals surface area contributed by atoms with Crippen LogP contribution in [0, 0.1) is 0 Å². The molecule has 1 amide bonds. The van der Waals surface area contributed by atoms with Gasteiger partial charge in [-0.3, -0.25) is 19.0 Å². The van der Waals surface area contributed by atoms with E-state index in [0.29, 0.717) is 38.7 Å². The van der Waals surface area contributed by atoms with Crippen LogP contribution in [0.4, 0.5) is 5.69 Å². The molecule has 0 saturated carbocycles. The third kappa shape index (κ3) is 4.80. The molecular weight excluding hydrogens is 438 g/mol. The van der Waals surface area contributed by atoms with Crippen LogP contribution < -0.4 is 15.6 Å². The number of para-hydroxylation sites is 3. The van der Waals surface area contributed by atoms with E-state index in [-0.39, 0.29) is 23.0 Å². The summed E-state index contributed by atoms with van der Waals surface area (Å²) in [7, 11) is 1.54. The van der Waals surface area contributed by atoms with Crippen molar-refractivity contribution in [2.24, 2.45) is 0 Å². The molecule has 0 aliphatic carbocycles. The highest BCUT2D eigenvalue weighted by atomic mass is 32.2. The van der Waals surface area contributed by atoms with E-state index < -0.39 is 0 Å². The fraction of sp³-hybridized carbons (Fsp3) is 0.120. The lowest BCUT2D eigenvalue weighted by Crippen LogP contribution is -2.23. The van der Waals surface area contributed by atoms with Gasteiger partial charge in [-0.05, 0) is 43.3 Å². The SMILES string of the molecule is COc1ccccc1-n1c(SCC(=O)Nc2cccc(C(C)=O)c2)nc2ccccc2c1=O. The molecule has 8 heteroatoms. The second-order valence-electron chi connectivity index (χ2n) is 7.20. The summed E-state index contributed by atoms with van der Waals surface area (Å²) in [5.74, 6) is 0.171. The van der Waals surface area contributed by atoms with Gasteiger partial charge in [0.1, 0.15) is 5.75 Å². The highest BCUT2D eigenvalue weighted by Crippen LogP contribution is 2.27. The van der Waals surface area contributed by atoms with E-state index in [2.05, 4.69) is 10.3 Å². The molecule has 0 bridgehead atoms. The summed E-state index contributed by atoms with van der Waals surface area (Å²) in [5.41, 5.74) is 1.89. The lowest BCUT2D eigenvalue weighted by Gasteiger charge is -2.15. The number of rotatable bonds is 7. The number of benzene rings is 3. The van der Waals surface area contributed by atoms with E-state index in [1.807, 2.05) is 18.2 Å². The minimum atomic E-state index is -0.283. The molecule has 4 aromatic rings. The van der Waals surface area contributed by atoms with Crippen LogP contribution in [0.1, 0.15) is 17.3 Å². The summed E-state index contributed by atoms with van der Waals surface area (Å²) < 4.78 is 6.92. The number of aromatic nitrogens is 2. The fourth-order valence-electron chi connectivity index (χ4n) is 3.38. The largest absolute Gasteiger partial charge is 0.495 e. The van der Waals surface area contributed by atoms with E-state index >= 15 is 0 Å². The van der Waals surface area contributed by atoms with Crippen LogP contribution in [0.15, 0.2) is 82.7 Å². The Morgan fingerprint density at radius 3 is 2.58 bits per heavy atom. The van der Waals surface area contributed by atoms with Gasteiger partial charge in [0, 0.05) is 11.3 Å².